The first kappa shape index (κ1) is 19.2. The Morgan fingerprint density at radius 1 is 0.964 bits per heavy atom. The molecule has 0 N–H and O–H groups in total. The van der Waals surface area contributed by atoms with Crippen LogP contribution >= 0.6 is 0 Å². The molecule has 3 aliphatic rings. The summed E-state index contributed by atoms with van der Waals surface area (Å²) >= 11 is 0. The number of piperidine rings is 1. The van der Waals surface area contributed by atoms with Gasteiger partial charge in [-0.15, -0.1) is 0 Å². The van der Waals surface area contributed by atoms with E-state index in [0.29, 0.717) is 24.9 Å². The zero-order valence-corrected chi connectivity index (χ0v) is 16.8. The smallest absolute Gasteiger partial charge is 0.226 e. The van der Waals surface area contributed by atoms with E-state index in [-0.39, 0.29) is 17.7 Å². The quantitative estimate of drug-likeness (QED) is 0.740. The zero-order chi connectivity index (χ0) is 19.3. The molecule has 1 aromatic rings. The number of benzene rings is 1. The van der Waals surface area contributed by atoms with Gasteiger partial charge in [-0.1, -0.05) is 55.3 Å². The van der Waals surface area contributed by atoms with Gasteiger partial charge in [-0.05, 0) is 43.6 Å². The number of rotatable bonds is 4. The minimum atomic E-state index is 0.0613. The molecule has 0 bridgehead atoms. The summed E-state index contributed by atoms with van der Waals surface area (Å²) < 4.78 is 0. The molecular formula is C24H32N2O2. The largest absolute Gasteiger partial charge is 0.342 e. The van der Waals surface area contributed by atoms with Crippen molar-refractivity contribution in [3.05, 3.63) is 48.0 Å². The van der Waals surface area contributed by atoms with Gasteiger partial charge in [0.15, 0.2) is 0 Å². The van der Waals surface area contributed by atoms with E-state index in [1.807, 2.05) is 23.1 Å². The van der Waals surface area contributed by atoms with Gasteiger partial charge in [0.1, 0.15) is 0 Å². The average Bonchev–Trinajstić information content (AvgIpc) is 3.22. The lowest BCUT2D eigenvalue weighted by atomic mass is 9.81. The lowest BCUT2D eigenvalue weighted by Crippen LogP contribution is -2.45. The third kappa shape index (κ3) is 4.31. The van der Waals surface area contributed by atoms with Crippen LogP contribution in [-0.2, 0) is 16.1 Å². The minimum Gasteiger partial charge on any atom is -0.342 e. The minimum absolute atomic E-state index is 0.0613. The van der Waals surface area contributed by atoms with Crippen molar-refractivity contribution < 1.29 is 9.59 Å². The third-order valence-electron chi connectivity index (χ3n) is 6.85. The van der Waals surface area contributed by atoms with Gasteiger partial charge >= 0.3 is 0 Å². The van der Waals surface area contributed by atoms with Gasteiger partial charge in [-0.25, -0.2) is 0 Å². The highest BCUT2D eigenvalue weighted by atomic mass is 16.2. The fourth-order valence-corrected chi connectivity index (χ4v) is 5.16. The SMILES string of the molecule is O=C(C1CCCC1)N1CCC([C@@H]2CC=CCN(Cc3ccccc3)C2=O)CC1. The number of amides is 2. The van der Waals surface area contributed by atoms with Gasteiger partial charge in [-0.3, -0.25) is 9.59 Å². The summed E-state index contributed by atoms with van der Waals surface area (Å²) in [6, 6.07) is 10.2. The maximum Gasteiger partial charge on any atom is 0.226 e. The monoisotopic (exact) mass is 380 g/mol. The number of allylic oxidation sites excluding steroid dienone is 1. The van der Waals surface area contributed by atoms with Crippen LogP contribution in [0.1, 0.15) is 50.5 Å². The maximum atomic E-state index is 13.3. The fraction of sp³-hybridized carbons (Fsp3) is 0.583. The van der Waals surface area contributed by atoms with Crippen molar-refractivity contribution in [3.63, 3.8) is 0 Å². The highest BCUT2D eigenvalue weighted by Crippen LogP contribution is 2.33. The molecule has 4 nitrogen and oxygen atoms in total. The van der Waals surface area contributed by atoms with Crippen LogP contribution in [0, 0.1) is 17.8 Å². The molecule has 2 aliphatic heterocycles. The molecule has 1 saturated heterocycles. The van der Waals surface area contributed by atoms with E-state index >= 15 is 0 Å². The molecule has 4 heteroatoms. The summed E-state index contributed by atoms with van der Waals surface area (Å²) in [5, 5.41) is 0. The van der Waals surface area contributed by atoms with Crippen molar-refractivity contribution in [3.8, 4) is 0 Å². The van der Waals surface area contributed by atoms with Crippen molar-refractivity contribution in [1.29, 1.82) is 0 Å². The van der Waals surface area contributed by atoms with Crippen molar-refractivity contribution in [2.75, 3.05) is 19.6 Å². The first-order valence-corrected chi connectivity index (χ1v) is 11.0. The highest BCUT2D eigenvalue weighted by Gasteiger charge is 2.36. The molecule has 0 radical (unpaired) electrons. The summed E-state index contributed by atoms with van der Waals surface area (Å²) in [7, 11) is 0. The van der Waals surface area contributed by atoms with E-state index in [1.54, 1.807) is 0 Å². The second-order valence-corrected chi connectivity index (χ2v) is 8.66. The summed E-state index contributed by atoms with van der Waals surface area (Å²) in [5.41, 5.74) is 1.18. The molecule has 0 unspecified atom stereocenters. The molecule has 1 aromatic carbocycles. The van der Waals surface area contributed by atoms with E-state index < -0.39 is 0 Å². The van der Waals surface area contributed by atoms with Gasteiger partial charge in [0.25, 0.3) is 0 Å². The van der Waals surface area contributed by atoms with Crippen LogP contribution in [0.25, 0.3) is 0 Å². The molecule has 2 amide bonds. The van der Waals surface area contributed by atoms with Crippen molar-refractivity contribution in [1.82, 2.24) is 9.80 Å². The number of carbonyl (C=O) groups excluding carboxylic acids is 2. The predicted molar refractivity (Wildman–Crippen MR) is 110 cm³/mol. The number of likely N-dealkylation sites (tertiary alicyclic amines) is 1. The second-order valence-electron chi connectivity index (χ2n) is 8.66. The third-order valence-corrected chi connectivity index (χ3v) is 6.85. The Balaban J connectivity index is 1.36. The molecule has 4 rings (SSSR count). The topological polar surface area (TPSA) is 40.6 Å². The predicted octanol–water partition coefficient (Wildman–Crippen LogP) is 4.02. The van der Waals surface area contributed by atoms with Crippen LogP contribution in [-0.4, -0.2) is 41.2 Å². The summed E-state index contributed by atoms with van der Waals surface area (Å²) in [4.78, 5) is 30.1. The lowest BCUT2D eigenvalue weighted by molar-refractivity contribution is -0.139. The van der Waals surface area contributed by atoms with Gasteiger partial charge in [-0.2, -0.15) is 0 Å². The number of hydrogen-bond donors (Lipinski definition) is 0. The van der Waals surface area contributed by atoms with Crippen LogP contribution in [0.15, 0.2) is 42.5 Å². The Morgan fingerprint density at radius 3 is 2.39 bits per heavy atom. The fourth-order valence-electron chi connectivity index (χ4n) is 5.16. The second kappa shape index (κ2) is 8.93. The van der Waals surface area contributed by atoms with Crippen LogP contribution in [0.5, 0.6) is 0 Å². The van der Waals surface area contributed by atoms with E-state index in [4.69, 9.17) is 0 Å². The normalized spacial score (nSPS) is 24.6. The van der Waals surface area contributed by atoms with Crippen molar-refractivity contribution in [2.45, 2.75) is 51.5 Å². The Bertz CT molecular complexity index is 701. The van der Waals surface area contributed by atoms with Crippen molar-refractivity contribution >= 4 is 11.8 Å². The molecule has 1 aliphatic carbocycles. The van der Waals surface area contributed by atoms with Gasteiger partial charge in [0.05, 0.1) is 0 Å². The molecule has 150 valence electrons. The Morgan fingerprint density at radius 2 is 1.68 bits per heavy atom. The maximum absolute atomic E-state index is 13.3. The first-order valence-electron chi connectivity index (χ1n) is 11.0. The van der Waals surface area contributed by atoms with E-state index in [0.717, 1.165) is 45.2 Å². The summed E-state index contributed by atoms with van der Waals surface area (Å²) in [6.45, 7) is 3.03. The van der Waals surface area contributed by atoms with Crippen LogP contribution in [0.2, 0.25) is 0 Å². The molecule has 0 spiro atoms. The number of nitrogens with zero attached hydrogens (tertiary/aromatic N) is 2. The highest BCUT2D eigenvalue weighted by molar-refractivity contribution is 5.80. The number of carbonyl (C=O) groups is 2. The Hall–Kier alpha value is -2.10. The average molecular weight is 381 g/mol. The van der Waals surface area contributed by atoms with E-state index in [9.17, 15) is 9.59 Å². The van der Waals surface area contributed by atoms with Crippen LogP contribution in [0.3, 0.4) is 0 Å². The van der Waals surface area contributed by atoms with Crippen LogP contribution in [0.4, 0.5) is 0 Å². The molecule has 1 atom stereocenters. The Labute approximate surface area is 168 Å². The van der Waals surface area contributed by atoms with Gasteiger partial charge in [0.2, 0.25) is 11.8 Å². The molecule has 2 heterocycles. The van der Waals surface area contributed by atoms with Gasteiger partial charge < -0.3 is 9.80 Å². The zero-order valence-electron chi connectivity index (χ0n) is 16.8. The van der Waals surface area contributed by atoms with Crippen LogP contribution < -0.4 is 0 Å². The molecule has 28 heavy (non-hydrogen) atoms. The Kier molecular flexibility index (Phi) is 6.13. The summed E-state index contributed by atoms with van der Waals surface area (Å²) in [5.74, 6) is 1.37. The standard InChI is InChI=1S/C24H32N2O2/c27-23(21-10-4-5-11-21)25-16-13-20(14-17-25)22-12-6-7-15-26(24(22)28)18-19-8-2-1-3-9-19/h1-3,6-9,20-22H,4-5,10-18H2/t22-/m0/s1. The molecular weight excluding hydrogens is 348 g/mol. The van der Waals surface area contributed by atoms with Gasteiger partial charge in [0, 0.05) is 38.0 Å². The molecule has 0 aromatic heterocycles. The molecule has 2 fully saturated rings. The van der Waals surface area contributed by atoms with E-state index in [1.165, 1.54) is 18.4 Å². The first-order chi connectivity index (χ1) is 13.7. The van der Waals surface area contributed by atoms with Crippen molar-refractivity contribution in [2.24, 2.45) is 17.8 Å². The van der Waals surface area contributed by atoms with E-state index in [2.05, 4.69) is 29.2 Å². The lowest BCUT2D eigenvalue weighted by Gasteiger charge is -2.37. The number of hydrogen-bond acceptors (Lipinski definition) is 2. The molecule has 1 saturated carbocycles. The summed E-state index contributed by atoms with van der Waals surface area (Å²) in [6.07, 6.45) is 11.6.